The van der Waals surface area contributed by atoms with Crippen LogP contribution < -0.4 is 4.90 Å². The number of nitrogens with zero attached hydrogens (tertiary/aromatic N) is 1. The van der Waals surface area contributed by atoms with Gasteiger partial charge < -0.3 is 4.90 Å². The van der Waals surface area contributed by atoms with Crippen LogP contribution in [0, 0.1) is 0 Å². The van der Waals surface area contributed by atoms with Crippen molar-refractivity contribution >= 4 is 17.1 Å². The topological polar surface area (TPSA) is 3.24 Å². The van der Waals surface area contributed by atoms with Crippen LogP contribution in [0.5, 0.6) is 0 Å². The molecule has 0 heterocycles. The molecule has 9 aromatic carbocycles. The molecule has 0 bridgehead atoms. The van der Waals surface area contributed by atoms with E-state index in [2.05, 4.69) is 243 Å². The molecule has 59 heavy (non-hydrogen) atoms. The van der Waals surface area contributed by atoms with Crippen LogP contribution in [0.2, 0.25) is 0 Å². The van der Waals surface area contributed by atoms with Crippen LogP contribution in [-0.4, -0.2) is 0 Å². The number of rotatable bonds is 7. The van der Waals surface area contributed by atoms with Gasteiger partial charge in [0, 0.05) is 22.5 Å². The zero-order valence-electron chi connectivity index (χ0n) is 33.3. The van der Waals surface area contributed by atoms with Gasteiger partial charge in [-0.1, -0.05) is 196 Å². The van der Waals surface area contributed by atoms with Gasteiger partial charge in [0.25, 0.3) is 0 Å². The molecule has 0 atom stereocenters. The van der Waals surface area contributed by atoms with E-state index in [-0.39, 0.29) is 5.41 Å². The average molecular weight is 754 g/mol. The van der Waals surface area contributed by atoms with Gasteiger partial charge in [-0.25, -0.2) is 0 Å². The summed E-state index contributed by atoms with van der Waals surface area (Å²) in [4.78, 5) is 2.45. The van der Waals surface area contributed by atoms with E-state index in [9.17, 15) is 0 Å². The maximum atomic E-state index is 2.45. The highest BCUT2D eigenvalue weighted by molar-refractivity contribution is 5.93. The summed E-state index contributed by atoms with van der Waals surface area (Å²) >= 11 is 0. The van der Waals surface area contributed by atoms with Gasteiger partial charge in [0.15, 0.2) is 0 Å². The third-order valence-electron chi connectivity index (χ3n) is 12.9. The predicted molar refractivity (Wildman–Crippen MR) is 247 cm³/mol. The lowest BCUT2D eigenvalue weighted by Gasteiger charge is -2.34. The van der Waals surface area contributed by atoms with Gasteiger partial charge in [-0.2, -0.15) is 0 Å². The first kappa shape index (κ1) is 35.0. The molecule has 0 saturated heterocycles. The monoisotopic (exact) mass is 753 g/mol. The second-order valence-corrected chi connectivity index (χ2v) is 16.5. The van der Waals surface area contributed by atoms with Gasteiger partial charge in [-0.15, -0.1) is 0 Å². The van der Waals surface area contributed by atoms with Crippen molar-refractivity contribution in [2.75, 3.05) is 4.90 Å². The van der Waals surface area contributed by atoms with Crippen LogP contribution >= 0.6 is 0 Å². The molecule has 0 aromatic heterocycles. The van der Waals surface area contributed by atoms with Crippen LogP contribution in [0.3, 0.4) is 0 Å². The molecule has 11 rings (SSSR count). The Labute approximate surface area is 347 Å². The molecule has 0 N–H and O–H groups in total. The van der Waals surface area contributed by atoms with Crippen LogP contribution in [0.15, 0.2) is 224 Å². The predicted octanol–water partition coefficient (Wildman–Crippen LogP) is 15.2. The molecule has 2 aliphatic carbocycles. The number of anilines is 3. The van der Waals surface area contributed by atoms with Crippen molar-refractivity contribution in [1.82, 2.24) is 0 Å². The molecule has 280 valence electrons. The highest BCUT2D eigenvalue weighted by atomic mass is 15.1. The normalized spacial score (nSPS) is 13.9. The van der Waals surface area contributed by atoms with E-state index >= 15 is 0 Å². The molecule has 0 unspecified atom stereocenters. The Kier molecular flexibility index (Phi) is 8.13. The molecule has 0 fully saturated rings. The smallest absolute Gasteiger partial charge is 0.0713 e. The Balaban J connectivity index is 1.16. The molecule has 0 aliphatic heterocycles. The van der Waals surface area contributed by atoms with Crippen molar-refractivity contribution in [3.05, 3.63) is 258 Å². The summed E-state index contributed by atoms with van der Waals surface area (Å²) < 4.78 is 0. The molecule has 0 radical (unpaired) electrons. The van der Waals surface area contributed by atoms with Crippen LogP contribution in [0.25, 0.3) is 44.5 Å². The highest BCUT2D eigenvalue weighted by Gasteiger charge is 2.46. The van der Waals surface area contributed by atoms with E-state index in [1.165, 1.54) is 77.9 Å². The summed E-state index contributed by atoms with van der Waals surface area (Å²) in [6.07, 6.45) is 0. The van der Waals surface area contributed by atoms with Crippen LogP contribution in [0.1, 0.15) is 47.2 Å². The minimum Gasteiger partial charge on any atom is -0.310 e. The third kappa shape index (κ3) is 5.39. The lowest BCUT2D eigenvalue weighted by Crippen LogP contribution is -2.28. The highest BCUT2D eigenvalue weighted by Crippen LogP contribution is 2.58. The first-order valence-corrected chi connectivity index (χ1v) is 20.7. The second-order valence-electron chi connectivity index (χ2n) is 16.5. The fraction of sp³-hybridized carbons (Fsp3) is 0.0690. The average Bonchev–Trinajstić information content (AvgIpc) is 3.73. The minimum absolute atomic E-state index is 0.151. The van der Waals surface area contributed by atoms with Gasteiger partial charge in [-0.3, -0.25) is 0 Å². The van der Waals surface area contributed by atoms with Crippen LogP contribution in [-0.2, 0) is 10.8 Å². The molecule has 1 heteroatoms. The fourth-order valence-electron chi connectivity index (χ4n) is 10.4. The van der Waals surface area contributed by atoms with E-state index in [4.69, 9.17) is 0 Å². The standard InChI is InChI=1S/C58H43N/c1-57(2)53-32-17-15-28-49(53)51-31-19-30-48(56(51)57)42-36-41(40-20-7-3-8-21-40)37-47(38-42)59(45-26-13-6-14-27-45)46-34-35-55-52(39-46)50-29-16-18-33-54(50)58(55,43-22-9-4-10-23-43)44-24-11-5-12-25-44/h3-39H,1-2H3. The van der Waals surface area contributed by atoms with E-state index in [0.29, 0.717) is 0 Å². The van der Waals surface area contributed by atoms with Crippen LogP contribution in [0.4, 0.5) is 17.1 Å². The maximum Gasteiger partial charge on any atom is 0.0713 e. The quantitative estimate of drug-likeness (QED) is 0.157. The fourth-order valence-corrected chi connectivity index (χ4v) is 10.4. The van der Waals surface area contributed by atoms with E-state index in [1.807, 2.05) is 0 Å². The Bertz CT molecular complexity index is 2960. The van der Waals surface area contributed by atoms with Crippen molar-refractivity contribution in [2.45, 2.75) is 24.7 Å². The second kappa shape index (κ2) is 13.7. The summed E-state index contributed by atoms with van der Waals surface area (Å²) in [6, 6.07) is 82.9. The maximum absolute atomic E-state index is 2.45. The van der Waals surface area contributed by atoms with E-state index < -0.39 is 5.41 Å². The van der Waals surface area contributed by atoms with Gasteiger partial charge in [0.2, 0.25) is 0 Å². The molecular weight excluding hydrogens is 711 g/mol. The summed E-state index contributed by atoms with van der Waals surface area (Å²) in [5.41, 5.74) is 20.7. The minimum atomic E-state index is -0.455. The number of fused-ring (bicyclic) bond motifs is 6. The number of para-hydroxylation sites is 1. The molecule has 1 nitrogen and oxygen atoms in total. The Morgan fingerprint density at radius 1 is 0.305 bits per heavy atom. The molecule has 0 saturated carbocycles. The van der Waals surface area contributed by atoms with Gasteiger partial charge in [0.1, 0.15) is 0 Å². The Morgan fingerprint density at radius 2 is 0.814 bits per heavy atom. The Hall–Kier alpha value is -7.22. The van der Waals surface area contributed by atoms with Crippen molar-refractivity contribution in [2.24, 2.45) is 0 Å². The van der Waals surface area contributed by atoms with Crippen molar-refractivity contribution in [3.63, 3.8) is 0 Å². The first-order chi connectivity index (χ1) is 29.0. The lowest BCUT2D eigenvalue weighted by molar-refractivity contribution is 0.662. The van der Waals surface area contributed by atoms with E-state index in [0.717, 1.165) is 17.1 Å². The number of benzene rings is 9. The summed E-state index contributed by atoms with van der Waals surface area (Å²) in [7, 11) is 0. The van der Waals surface area contributed by atoms with Crippen molar-refractivity contribution in [3.8, 4) is 44.5 Å². The molecule has 2 aliphatic rings. The zero-order chi connectivity index (χ0) is 39.6. The molecule has 0 spiro atoms. The molecular formula is C58H43N. The van der Waals surface area contributed by atoms with Gasteiger partial charge in [0.05, 0.1) is 5.41 Å². The number of hydrogen-bond donors (Lipinski definition) is 0. The zero-order valence-corrected chi connectivity index (χ0v) is 33.3. The van der Waals surface area contributed by atoms with Gasteiger partial charge in [-0.05, 0) is 120 Å². The van der Waals surface area contributed by atoms with E-state index in [1.54, 1.807) is 0 Å². The number of hydrogen-bond acceptors (Lipinski definition) is 1. The van der Waals surface area contributed by atoms with Crippen molar-refractivity contribution < 1.29 is 0 Å². The summed E-state index contributed by atoms with van der Waals surface area (Å²) in [5, 5.41) is 0. The largest absolute Gasteiger partial charge is 0.310 e. The van der Waals surface area contributed by atoms with Crippen molar-refractivity contribution in [1.29, 1.82) is 0 Å². The first-order valence-electron chi connectivity index (χ1n) is 20.7. The third-order valence-corrected chi connectivity index (χ3v) is 12.9. The molecule has 0 amide bonds. The summed E-state index contributed by atoms with van der Waals surface area (Å²) in [6.45, 7) is 4.76. The summed E-state index contributed by atoms with van der Waals surface area (Å²) in [5.74, 6) is 0. The van der Waals surface area contributed by atoms with Gasteiger partial charge >= 0.3 is 0 Å². The Morgan fingerprint density at radius 3 is 1.49 bits per heavy atom. The lowest BCUT2D eigenvalue weighted by atomic mass is 9.68. The molecule has 9 aromatic rings. The SMILES string of the molecule is CC1(C)c2ccccc2-c2cccc(-c3cc(-c4ccccc4)cc(N(c4ccccc4)c4ccc5c(c4)-c4ccccc4C5(c4ccccc4)c4ccccc4)c3)c21.